The lowest BCUT2D eigenvalue weighted by Gasteiger charge is -2.05. The molecule has 0 fully saturated rings. The van der Waals surface area contributed by atoms with Gasteiger partial charge in [0.15, 0.2) is 0 Å². The molecule has 0 aromatic heterocycles. The van der Waals surface area contributed by atoms with Crippen LogP contribution in [0, 0.1) is 15.9 Å². The Morgan fingerprint density at radius 2 is 2.25 bits per heavy atom. The number of carbonyl (C=O) groups excluding carboxylic acids is 1. The third-order valence-electron chi connectivity index (χ3n) is 1.91. The van der Waals surface area contributed by atoms with Gasteiger partial charge >= 0.3 is 5.97 Å². The average molecular weight is 292 g/mol. The van der Waals surface area contributed by atoms with Gasteiger partial charge in [-0.3, -0.25) is 14.9 Å². The van der Waals surface area contributed by atoms with E-state index in [2.05, 4.69) is 20.7 Å². The number of nitrogens with zero attached hydrogens (tertiary/aromatic N) is 1. The first-order chi connectivity index (χ1) is 7.47. The van der Waals surface area contributed by atoms with Crippen molar-refractivity contribution >= 4 is 27.6 Å². The van der Waals surface area contributed by atoms with E-state index >= 15 is 0 Å². The van der Waals surface area contributed by atoms with Gasteiger partial charge in [0.25, 0.3) is 5.69 Å². The molecule has 0 heterocycles. The third kappa shape index (κ3) is 2.54. The molecule has 0 radical (unpaired) electrons. The summed E-state index contributed by atoms with van der Waals surface area (Å²) in [5, 5.41) is 10.6. The molecule has 1 rings (SSSR count). The molecule has 0 aliphatic heterocycles. The standard InChI is InChI=1S/C9H7BrFNO4/c1-16-8(13)4-5-6(11)2-3-7(9(5)10)12(14)15/h2-3H,4H2,1H3. The topological polar surface area (TPSA) is 69.4 Å². The van der Waals surface area contributed by atoms with Gasteiger partial charge in [-0.15, -0.1) is 0 Å². The van der Waals surface area contributed by atoms with E-state index in [1.54, 1.807) is 0 Å². The second-order valence-electron chi connectivity index (χ2n) is 2.87. The van der Waals surface area contributed by atoms with Crippen molar-refractivity contribution in [1.82, 2.24) is 0 Å². The Hall–Kier alpha value is -1.50. The predicted octanol–water partition coefficient (Wildman–Crippen LogP) is 2.21. The first kappa shape index (κ1) is 12.6. The van der Waals surface area contributed by atoms with E-state index in [1.807, 2.05) is 0 Å². The first-order valence-electron chi connectivity index (χ1n) is 4.15. The number of rotatable bonds is 3. The maximum absolute atomic E-state index is 13.3. The molecule has 5 nitrogen and oxygen atoms in total. The summed E-state index contributed by atoms with van der Waals surface area (Å²) in [4.78, 5) is 20.9. The van der Waals surface area contributed by atoms with E-state index in [4.69, 9.17) is 0 Å². The van der Waals surface area contributed by atoms with Crippen LogP contribution in [0.5, 0.6) is 0 Å². The van der Waals surface area contributed by atoms with E-state index in [0.717, 1.165) is 19.2 Å². The van der Waals surface area contributed by atoms with Crippen LogP contribution in [0.15, 0.2) is 16.6 Å². The SMILES string of the molecule is COC(=O)Cc1c(F)ccc([N+](=O)[O-])c1Br. The molecule has 0 saturated carbocycles. The molecule has 86 valence electrons. The van der Waals surface area contributed by atoms with Gasteiger partial charge in [0.2, 0.25) is 0 Å². The van der Waals surface area contributed by atoms with Crippen LogP contribution in [0.2, 0.25) is 0 Å². The fourth-order valence-corrected chi connectivity index (χ4v) is 1.71. The minimum atomic E-state index is -0.692. The molecule has 1 aromatic carbocycles. The molecule has 0 spiro atoms. The summed E-state index contributed by atoms with van der Waals surface area (Å²) in [6.45, 7) is 0. The number of benzene rings is 1. The van der Waals surface area contributed by atoms with Crippen molar-refractivity contribution in [3.63, 3.8) is 0 Å². The lowest BCUT2D eigenvalue weighted by atomic mass is 10.1. The molecule has 0 unspecified atom stereocenters. The summed E-state index contributed by atoms with van der Waals surface area (Å²) < 4.78 is 17.7. The highest BCUT2D eigenvalue weighted by Crippen LogP contribution is 2.30. The highest BCUT2D eigenvalue weighted by molar-refractivity contribution is 9.10. The fourth-order valence-electron chi connectivity index (χ4n) is 1.10. The molecule has 0 bridgehead atoms. The molecular weight excluding hydrogens is 285 g/mol. The lowest BCUT2D eigenvalue weighted by molar-refractivity contribution is -0.385. The van der Waals surface area contributed by atoms with Gasteiger partial charge in [-0.25, -0.2) is 4.39 Å². The van der Waals surface area contributed by atoms with Gasteiger partial charge in [0.1, 0.15) is 10.3 Å². The molecule has 0 aliphatic rings. The van der Waals surface area contributed by atoms with Crippen LogP contribution in [-0.4, -0.2) is 18.0 Å². The summed E-state index contributed by atoms with van der Waals surface area (Å²) in [5.74, 6) is -1.36. The van der Waals surface area contributed by atoms with Gasteiger partial charge in [-0.1, -0.05) is 0 Å². The fraction of sp³-hybridized carbons (Fsp3) is 0.222. The molecule has 16 heavy (non-hydrogen) atoms. The molecule has 0 N–H and O–H groups in total. The van der Waals surface area contributed by atoms with Gasteiger partial charge in [0.05, 0.1) is 18.5 Å². The van der Waals surface area contributed by atoms with Crippen molar-refractivity contribution in [2.45, 2.75) is 6.42 Å². The molecular formula is C9H7BrFNO4. The Kier molecular flexibility index (Phi) is 3.94. The van der Waals surface area contributed by atoms with Crippen LogP contribution in [0.3, 0.4) is 0 Å². The minimum Gasteiger partial charge on any atom is -0.469 e. The van der Waals surface area contributed by atoms with Crippen molar-refractivity contribution < 1.29 is 18.8 Å². The number of methoxy groups -OCH3 is 1. The summed E-state index contributed by atoms with van der Waals surface area (Å²) in [5.41, 5.74) is -0.374. The Morgan fingerprint density at radius 3 is 2.75 bits per heavy atom. The lowest BCUT2D eigenvalue weighted by Crippen LogP contribution is -2.08. The molecule has 7 heteroatoms. The Bertz CT molecular complexity index is 449. The van der Waals surface area contributed by atoms with Crippen molar-refractivity contribution in [1.29, 1.82) is 0 Å². The molecule has 0 saturated heterocycles. The largest absolute Gasteiger partial charge is 0.469 e. The van der Waals surface area contributed by atoms with Gasteiger partial charge in [0, 0.05) is 11.6 Å². The van der Waals surface area contributed by atoms with E-state index in [0.29, 0.717) is 0 Å². The molecule has 0 aliphatic carbocycles. The molecule has 0 atom stereocenters. The number of ether oxygens (including phenoxy) is 1. The van der Waals surface area contributed by atoms with Gasteiger partial charge in [-0.2, -0.15) is 0 Å². The normalized spacial score (nSPS) is 9.94. The number of esters is 1. The summed E-state index contributed by atoms with van der Waals surface area (Å²) in [7, 11) is 1.16. The minimum absolute atomic E-state index is 0.0390. The second kappa shape index (κ2) is 5.02. The number of nitro benzene ring substituents is 1. The van der Waals surface area contributed by atoms with Crippen molar-refractivity contribution in [3.8, 4) is 0 Å². The maximum Gasteiger partial charge on any atom is 0.310 e. The van der Waals surface area contributed by atoms with Gasteiger partial charge < -0.3 is 4.74 Å². The van der Waals surface area contributed by atoms with E-state index in [-0.39, 0.29) is 22.1 Å². The zero-order chi connectivity index (χ0) is 12.3. The number of carbonyl (C=O) groups is 1. The monoisotopic (exact) mass is 291 g/mol. The van der Waals surface area contributed by atoms with Crippen molar-refractivity contribution in [2.75, 3.05) is 7.11 Å². The highest BCUT2D eigenvalue weighted by atomic mass is 79.9. The average Bonchev–Trinajstić information content (AvgIpc) is 2.23. The molecule has 0 amide bonds. The van der Waals surface area contributed by atoms with E-state index < -0.39 is 16.7 Å². The zero-order valence-corrected chi connectivity index (χ0v) is 9.78. The van der Waals surface area contributed by atoms with E-state index in [1.165, 1.54) is 0 Å². The van der Waals surface area contributed by atoms with Crippen molar-refractivity contribution in [2.24, 2.45) is 0 Å². The van der Waals surface area contributed by atoms with Crippen molar-refractivity contribution in [3.05, 3.63) is 38.1 Å². The summed E-state index contributed by atoms with van der Waals surface area (Å²) in [6, 6.07) is 1.97. The highest BCUT2D eigenvalue weighted by Gasteiger charge is 2.20. The number of hydrogen-bond donors (Lipinski definition) is 0. The second-order valence-corrected chi connectivity index (χ2v) is 3.66. The summed E-state index contributed by atoms with van der Waals surface area (Å²) in [6.07, 6.45) is -0.357. The van der Waals surface area contributed by atoms with Gasteiger partial charge in [-0.05, 0) is 22.0 Å². The summed E-state index contributed by atoms with van der Waals surface area (Å²) >= 11 is 2.90. The third-order valence-corrected chi connectivity index (χ3v) is 2.80. The Balaban J connectivity index is 3.21. The van der Waals surface area contributed by atoms with E-state index in [9.17, 15) is 19.3 Å². The Morgan fingerprint density at radius 1 is 1.62 bits per heavy atom. The van der Waals surface area contributed by atoms with Crippen LogP contribution in [0.1, 0.15) is 5.56 Å². The number of halogens is 2. The van der Waals surface area contributed by atoms with Crippen LogP contribution >= 0.6 is 15.9 Å². The zero-order valence-electron chi connectivity index (χ0n) is 8.20. The van der Waals surface area contributed by atoms with Crippen LogP contribution < -0.4 is 0 Å². The first-order valence-corrected chi connectivity index (χ1v) is 4.94. The predicted molar refractivity (Wildman–Crippen MR) is 56.5 cm³/mol. The van der Waals surface area contributed by atoms with Crippen LogP contribution in [-0.2, 0) is 16.0 Å². The number of hydrogen-bond acceptors (Lipinski definition) is 4. The van der Waals surface area contributed by atoms with Crippen LogP contribution in [0.4, 0.5) is 10.1 Å². The maximum atomic E-state index is 13.3. The quantitative estimate of drug-likeness (QED) is 0.486. The Labute approximate surface area is 98.5 Å². The smallest absolute Gasteiger partial charge is 0.310 e. The molecule has 1 aromatic rings. The van der Waals surface area contributed by atoms with Crippen LogP contribution in [0.25, 0.3) is 0 Å². The number of nitro groups is 1.